The highest BCUT2D eigenvalue weighted by Crippen LogP contribution is 2.25. The molecule has 19 heavy (non-hydrogen) atoms. The Bertz CT molecular complexity index is 649. The van der Waals surface area contributed by atoms with Crippen molar-refractivity contribution in [2.24, 2.45) is 0 Å². The van der Waals surface area contributed by atoms with Gasteiger partial charge in [0.25, 0.3) is 0 Å². The number of rotatable bonds is 3. The summed E-state index contributed by atoms with van der Waals surface area (Å²) in [6.07, 6.45) is 0. The van der Waals surface area contributed by atoms with Gasteiger partial charge >= 0.3 is 5.97 Å². The molecule has 7 heteroatoms. The smallest absolute Gasteiger partial charge is 0.354 e. The number of hydrogen-bond donors (Lipinski definition) is 3. The highest BCUT2D eigenvalue weighted by atomic mass is 35.5. The van der Waals surface area contributed by atoms with E-state index in [9.17, 15) is 9.18 Å². The van der Waals surface area contributed by atoms with Gasteiger partial charge in [-0.25, -0.2) is 14.2 Å². The summed E-state index contributed by atoms with van der Waals surface area (Å²) < 4.78 is 13.6. The molecule has 0 saturated heterocycles. The van der Waals surface area contributed by atoms with Crippen LogP contribution in [0.3, 0.4) is 0 Å². The molecule has 5 nitrogen and oxygen atoms in total. The van der Waals surface area contributed by atoms with Crippen molar-refractivity contribution in [1.82, 2.24) is 4.98 Å². The number of carboxylic acids is 1. The minimum absolute atomic E-state index is 0.0705. The van der Waals surface area contributed by atoms with E-state index in [-0.39, 0.29) is 27.9 Å². The zero-order valence-corrected chi connectivity index (χ0v) is 10.3. The van der Waals surface area contributed by atoms with Crippen LogP contribution in [0.1, 0.15) is 10.5 Å². The number of hydrogen-bond acceptors (Lipinski definition) is 4. The topological polar surface area (TPSA) is 88.2 Å². The van der Waals surface area contributed by atoms with Gasteiger partial charge < -0.3 is 16.2 Å². The molecule has 4 N–H and O–H groups in total. The van der Waals surface area contributed by atoms with E-state index in [1.807, 2.05) is 0 Å². The van der Waals surface area contributed by atoms with Crippen molar-refractivity contribution < 1.29 is 14.3 Å². The second-order valence-corrected chi connectivity index (χ2v) is 4.13. The summed E-state index contributed by atoms with van der Waals surface area (Å²) in [5.74, 6) is -1.71. The van der Waals surface area contributed by atoms with Crippen LogP contribution in [0.4, 0.5) is 21.6 Å². The lowest BCUT2D eigenvalue weighted by atomic mass is 10.2. The normalized spacial score (nSPS) is 10.2. The maximum absolute atomic E-state index is 13.6. The molecule has 0 bridgehead atoms. The largest absolute Gasteiger partial charge is 0.477 e. The number of nitrogens with two attached hydrogens (primary N) is 1. The van der Waals surface area contributed by atoms with Gasteiger partial charge in [0.2, 0.25) is 0 Å². The predicted octanol–water partition coefficient (Wildman–Crippen LogP) is 2.90. The van der Waals surface area contributed by atoms with Gasteiger partial charge in [-0.1, -0.05) is 11.6 Å². The van der Waals surface area contributed by atoms with Crippen LogP contribution in [0, 0.1) is 5.82 Å². The van der Waals surface area contributed by atoms with Crippen LogP contribution in [0.15, 0.2) is 30.3 Å². The molecule has 0 aliphatic rings. The Kier molecular flexibility index (Phi) is 3.52. The monoisotopic (exact) mass is 281 g/mol. The highest BCUT2D eigenvalue weighted by molar-refractivity contribution is 6.30. The molecule has 0 aliphatic carbocycles. The summed E-state index contributed by atoms with van der Waals surface area (Å²) in [7, 11) is 0. The van der Waals surface area contributed by atoms with Gasteiger partial charge in [-0.05, 0) is 30.3 Å². The first-order chi connectivity index (χ1) is 8.97. The average Bonchev–Trinajstić information content (AvgIpc) is 2.34. The Morgan fingerprint density at radius 1 is 1.37 bits per heavy atom. The van der Waals surface area contributed by atoms with Crippen LogP contribution >= 0.6 is 11.6 Å². The zero-order valence-electron chi connectivity index (χ0n) is 9.52. The molecule has 0 fully saturated rings. The molecule has 0 aliphatic heterocycles. The van der Waals surface area contributed by atoms with E-state index in [1.165, 1.54) is 24.3 Å². The lowest BCUT2D eigenvalue weighted by Crippen LogP contribution is -2.06. The van der Waals surface area contributed by atoms with E-state index < -0.39 is 11.8 Å². The van der Waals surface area contributed by atoms with Gasteiger partial charge in [0.15, 0.2) is 11.5 Å². The van der Waals surface area contributed by atoms with E-state index in [4.69, 9.17) is 22.4 Å². The average molecular weight is 282 g/mol. The van der Waals surface area contributed by atoms with Crippen molar-refractivity contribution in [2.45, 2.75) is 0 Å². The molecule has 98 valence electrons. The summed E-state index contributed by atoms with van der Waals surface area (Å²) in [5.41, 5.74) is 5.77. The molecule has 1 aromatic carbocycles. The Labute approximate surface area is 112 Å². The summed E-state index contributed by atoms with van der Waals surface area (Å²) in [6.45, 7) is 0. The highest BCUT2D eigenvalue weighted by Gasteiger charge is 2.10. The fourth-order valence-electron chi connectivity index (χ4n) is 1.41. The fourth-order valence-corrected chi connectivity index (χ4v) is 1.57. The molecule has 0 radical (unpaired) electrons. The molecular formula is C12H9ClFN3O2. The van der Waals surface area contributed by atoms with Gasteiger partial charge in [-0.3, -0.25) is 0 Å². The Morgan fingerprint density at radius 2 is 2.11 bits per heavy atom. The molecule has 2 rings (SSSR count). The van der Waals surface area contributed by atoms with Gasteiger partial charge in [-0.15, -0.1) is 0 Å². The van der Waals surface area contributed by atoms with Crippen molar-refractivity contribution in [2.75, 3.05) is 11.1 Å². The van der Waals surface area contributed by atoms with Gasteiger partial charge in [-0.2, -0.15) is 0 Å². The van der Waals surface area contributed by atoms with Gasteiger partial charge in [0.05, 0.1) is 11.4 Å². The minimum atomic E-state index is -1.19. The van der Waals surface area contributed by atoms with Crippen molar-refractivity contribution >= 4 is 34.8 Å². The quantitative estimate of drug-likeness (QED) is 0.805. The second-order valence-electron chi connectivity index (χ2n) is 3.69. The standard InChI is InChI=1S/C12H9ClFN3O2/c13-6-1-3-9(7(14)5-6)16-11-8(15)2-4-10(17-11)12(18)19/h1-5H,15H2,(H,16,17)(H,18,19). The van der Waals surface area contributed by atoms with Crippen LogP contribution in [0.2, 0.25) is 5.02 Å². The number of benzene rings is 1. The number of nitrogens with one attached hydrogen (secondary N) is 1. The molecule has 0 amide bonds. The Morgan fingerprint density at radius 3 is 2.74 bits per heavy atom. The van der Waals surface area contributed by atoms with Crippen molar-refractivity contribution in [3.8, 4) is 0 Å². The van der Waals surface area contributed by atoms with Crippen LogP contribution in [0.5, 0.6) is 0 Å². The molecule has 2 aromatic rings. The van der Waals surface area contributed by atoms with Crippen LogP contribution < -0.4 is 11.1 Å². The lowest BCUT2D eigenvalue weighted by molar-refractivity contribution is 0.0690. The number of carboxylic acid groups (broad SMARTS) is 1. The van der Waals surface area contributed by atoms with E-state index in [2.05, 4.69) is 10.3 Å². The molecule has 0 saturated carbocycles. The fraction of sp³-hybridized carbons (Fsp3) is 0. The molecule has 1 heterocycles. The summed E-state index contributed by atoms with van der Waals surface area (Å²) in [5, 5.41) is 11.7. The molecule has 1 aromatic heterocycles. The third-order valence-electron chi connectivity index (χ3n) is 2.33. The van der Waals surface area contributed by atoms with Crippen molar-refractivity contribution in [3.05, 3.63) is 46.9 Å². The summed E-state index contributed by atoms with van der Waals surface area (Å²) in [6, 6.07) is 6.67. The molecule has 0 unspecified atom stereocenters. The zero-order chi connectivity index (χ0) is 14.0. The Balaban J connectivity index is 2.37. The lowest BCUT2D eigenvalue weighted by Gasteiger charge is -2.10. The maximum atomic E-state index is 13.6. The van der Waals surface area contributed by atoms with Crippen LogP contribution in [-0.4, -0.2) is 16.1 Å². The third-order valence-corrected chi connectivity index (χ3v) is 2.56. The van der Waals surface area contributed by atoms with Crippen molar-refractivity contribution in [3.63, 3.8) is 0 Å². The first kappa shape index (κ1) is 13.1. The third kappa shape index (κ3) is 2.92. The number of anilines is 3. The number of nitrogen functional groups attached to an aromatic ring is 1. The van der Waals surface area contributed by atoms with Gasteiger partial charge in [0, 0.05) is 5.02 Å². The van der Waals surface area contributed by atoms with Crippen LogP contribution in [0.25, 0.3) is 0 Å². The van der Waals surface area contributed by atoms with E-state index in [0.717, 1.165) is 6.07 Å². The molecule has 0 spiro atoms. The number of aromatic carboxylic acids is 1. The van der Waals surface area contributed by atoms with Gasteiger partial charge in [0.1, 0.15) is 5.82 Å². The first-order valence-corrected chi connectivity index (χ1v) is 5.57. The maximum Gasteiger partial charge on any atom is 0.354 e. The number of aromatic nitrogens is 1. The first-order valence-electron chi connectivity index (χ1n) is 5.19. The van der Waals surface area contributed by atoms with E-state index in [1.54, 1.807) is 0 Å². The number of pyridine rings is 1. The van der Waals surface area contributed by atoms with E-state index in [0.29, 0.717) is 0 Å². The second kappa shape index (κ2) is 5.11. The minimum Gasteiger partial charge on any atom is -0.477 e. The molecule has 0 atom stereocenters. The molecular weight excluding hydrogens is 273 g/mol. The number of nitrogens with zero attached hydrogens (tertiary/aromatic N) is 1. The Hall–Kier alpha value is -2.34. The summed E-state index contributed by atoms with van der Waals surface area (Å²) in [4.78, 5) is 14.6. The number of halogens is 2. The SMILES string of the molecule is Nc1ccc(C(=O)O)nc1Nc1ccc(Cl)cc1F. The van der Waals surface area contributed by atoms with Crippen molar-refractivity contribution in [1.29, 1.82) is 0 Å². The summed E-state index contributed by atoms with van der Waals surface area (Å²) >= 11 is 5.63. The predicted molar refractivity (Wildman–Crippen MR) is 70.3 cm³/mol. The van der Waals surface area contributed by atoms with E-state index >= 15 is 0 Å². The van der Waals surface area contributed by atoms with Crippen LogP contribution in [-0.2, 0) is 0 Å². The number of carbonyl (C=O) groups is 1.